The minimum atomic E-state index is -0.177. The zero-order valence-corrected chi connectivity index (χ0v) is 18.1. The van der Waals surface area contributed by atoms with Gasteiger partial charge in [-0.15, -0.1) is 0 Å². The lowest BCUT2D eigenvalue weighted by atomic mass is 9.99. The van der Waals surface area contributed by atoms with Crippen molar-refractivity contribution in [2.45, 2.75) is 38.1 Å². The lowest BCUT2D eigenvalue weighted by molar-refractivity contribution is -0.135. The Hall–Kier alpha value is -1.90. The number of likely N-dealkylation sites (tertiary alicyclic amines) is 1. The fourth-order valence-electron chi connectivity index (χ4n) is 3.75. The Morgan fingerprint density at radius 3 is 2.93 bits per heavy atom. The summed E-state index contributed by atoms with van der Waals surface area (Å²) in [6.07, 6.45) is 5.61. The van der Waals surface area contributed by atoms with Crippen LogP contribution >= 0.6 is 24.0 Å². The van der Waals surface area contributed by atoms with Crippen molar-refractivity contribution >= 4 is 46.2 Å². The van der Waals surface area contributed by atoms with Gasteiger partial charge in [-0.2, -0.15) is 0 Å². The van der Waals surface area contributed by atoms with Crippen molar-refractivity contribution < 1.29 is 19.4 Å². The molecule has 2 heterocycles. The van der Waals surface area contributed by atoms with E-state index in [1.54, 1.807) is 13.2 Å². The molecule has 2 aliphatic heterocycles. The predicted molar refractivity (Wildman–Crippen MR) is 119 cm³/mol. The fraction of sp³-hybridized carbons (Fsp3) is 0.476. The van der Waals surface area contributed by atoms with E-state index in [4.69, 9.17) is 17.0 Å². The number of nitrogens with zero attached hydrogens (tertiary/aromatic N) is 2. The highest BCUT2D eigenvalue weighted by molar-refractivity contribution is 8.26. The first-order chi connectivity index (χ1) is 14.0. The van der Waals surface area contributed by atoms with Crippen LogP contribution in [0, 0.1) is 0 Å². The maximum absolute atomic E-state index is 12.8. The van der Waals surface area contributed by atoms with Crippen molar-refractivity contribution in [2.24, 2.45) is 0 Å². The molecular formula is C21H26N2O4S2. The summed E-state index contributed by atoms with van der Waals surface area (Å²) < 4.78 is 5.81. The monoisotopic (exact) mass is 434 g/mol. The van der Waals surface area contributed by atoms with E-state index in [2.05, 4.69) is 0 Å². The highest BCUT2D eigenvalue weighted by Gasteiger charge is 2.33. The van der Waals surface area contributed by atoms with Crippen molar-refractivity contribution in [3.63, 3.8) is 0 Å². The van der Waals surface area contributed by atoms with Gasteiger partial charge in [0.1, 0.15) is 10.1 Å². The van der Waals surface area contributed by atoms with Crippen LogP contribution in [0.25, 0.3) is 6.08 Å². The molecule has 8 heteroatoms. The number of hydrogen-bond acceptors (Lipinski definition) is 6. The molecule has 2 saturated heterocycles. The number of thioether (sulfide) groups is 1. The number of para-hydroxylation sites is 1. The van der Waals surface area contributed by atoms with Crippen LogP contribution in [0.2, 0.25) is 0 Å². The standard InChI is InChI=1S/C21H26N2O4S2/c1-27-17-8-3-2-6-15(17)14-18-20(26)23(21(28)29-18)12-9-19(25)22-11-5-4-7-16(22)10-13-24/h2-3,6,8,14,16,24H,4-5,7,9-13H2,1H3/b18-14-/t16-/m0/s1. The van der Waals surface area contributed by atoms with Gasteiger partial charge in [-0.3, -0.25) is 14.5 Å². The molecule has 0 spiro atoms. The van der Waals surface area contributed by atoms with Gasteiger partial charge in [-0.25, -0.2) is 0 Å². The Morgan fingerprint density at radius 2 is 2.17 bits per heavy atom. The Morgan fingerprint density at radius 1 is 1.38 bits per heavy atom. The first-order valence-electron chi connectivity index (χ1n) is 9.84. The van der Waals surface area contributed by atoms with E-state index < -0.39 is 0 Å². The Labute approximate surface area is 180 Å². The van der Waals surface area contributed by atoms with Gasteiger partial charge < -0.3 is 14.7 Å². The van der Waals surface area contributed by atoms with Crippen molar-refractivity contribution in [3.8, 4) is 5.75 Å². The van der Waals surface area contributed by atoms with E-state index in [-0.39, 0.29) is 37.4 Å². The van der Waals surface area contributed by atoms with E-state index in [1.165, 1.54) is 16.7 Å². The molecule has 0 bridgehead atoms. The number of benzene rings is 1. The van der Waals surface area contributed by atoms with Crippen molar-refractivity contribution in [1.82, 2.24) is 9.80 Å². The highest BCUT2D eigenvalue weighted by Crippen LogP contribution is 2.34. The number of rotatable bonds is 7. The van der Waals surface area contributed by atoms with E-state index in [0.29, 0.717) is 21.4 Å². The third kappa shape index (κ3) is 5.18. The second-order valence-corrected chi connectivity index (χ2v) is 8.75. The summed E-state index contributed by atoms with van der Waals surface area (Å²) in [5, 5.41) is 9.25. The molecule has 29 heavy (non-hydrogen) atoms. The van der Waals surface area contributed by atoms with Gasteiger partial charge in [0, 0.05) is 37.7 Å². The van der Waals surface area contributed by atoms with Crippen LogP contribution in [-0.4, -0.2) is 63.9 Å². The summed E-state index contributed by atoms with van der Waals surface area (Å²) in [6.45, 7) is 1.07. The van der Waals surface area contributed by atoms with Crippen molar-refractivity contribution in [3.05, 3.63) is 34.7 Å². The molecule has 1 N–H and O–H groups in total. The topological polar surface area (TPSA) is 70.1 Å². The van der Waals surface area contributed by atoms with Gasteiger partial charge in [-0.1, -0.05) is 42.2 Å². The Kier molecular flexibility index (Phi) is 7.69. The molecule has 2 aliphatic rings. The molecular weight excluding hydrogens is 408 g/mol. The van der Waals surface area contributed by atoms with Crippen LogP contribution in [0.15, 0.2) is 29.2 Å². The van der Waals surface area contributed by atoms with Crippen molar-refractivity contribution in [1.29, 1.82) is 0 Å². The molecule has 0 aromatic heterocycles. The van der Waals surface area contributed by atoms with Crippen LogP contribution in [0.5, 0.6) is 5.75 Å². The molecule has 3 rings (SSSR count). The molecule has 2 fully saturated rings. The minimum absolute atomic E-state index is 0.0194. The van der Waals surface area contributed by atoms with Gasteiger partial charge in [0.05, 0.1) is 12.0 Å². The third-order valence-corrected chi connectivity index (χ3v) is 6.64. The van der Waals surface area contributed by atoms with Gasteiger partial charge in [0.25, 0.3) is 5.91 Å². The number of hydrogen-bond donors (Lipinski definition) is 1. The quantitative estimate of drug-likeness (QED) is 0.525. The summed E-state index contributed by atoms with van der Waals surface area (Å²) in [7, 11) is 1.59. The lowest BCUT2D eigenvalue weighted by Crippen LogP contribution is -2.45. The molecule has 0 saturated carbocycles. The molecule has 156 valence electrons. The second kappa shape index (κ2) is 10.2. The Bertz CT molecular complexity index is 810. The predicted octanol–water partition coefficient (Wildman–Crippen LogP) is 3.05. The lowest BCUT2D eigenvalue weighted by Gasteiger charge is -2.36. The van der Waals surface area contributed by atoms with Gasteiger partial charge >= 0.3 is 0 Å². The number of carbonyl (C=O) groups is 2. The average Bonchev–Trinajstić information content (AvgIpc) is 3.00. The third-order valence-electron chi connectivity index (χ3n) is 5.26. The van der Waals surface area contributed by atoms with E-state index in [1.807, 2.05) is 29.2 Å². The van der Waals surface area contributed by atoms with E-state index >= 15 is 0 Å². The van der Waals surface area contributed by atoms with Crippen LogP contribution < -0.4 is 4.74 Å². The van der Waals surface area contributed by atoms with Crippen LogP contribution in [0.3, 0.4) is 0 Å². The summed E-state index contributed by atoms with van der Waals surface area (Å²) in [6, 6.07) is 7.57. The molecule has 0 aliphatic carbocycles. The maximum Gasteiger partial charge on any atom is 0.266 e. The smallest absolute Gasteiger partial charge is 0.266 e. The molecule has 1 aromatic rings. The van der Waals surface area contributed by atoms with Gasteiger partial charge in [0.2, 0.25) is 5.91 Å². The van der Waals surface area contributed by atoms with Crippen LogP contribution in [-0.2, 0) is 9.59 Å². The summed E-state index contributed by atoms with van der Waals surface area (Å²) in [5.74, 6) is 0.531. The zero-order valence-electron chi connectivity index (χ0n) is 16.5. The van der Waals surface area contributed by atoms with E-state index in [0.717, 1.165) is 31.4 Å². The van der Waals surface area contributed by atoms with E-state index in [9.17, 15) is 14.7 Å². The molecule has 0 unspecified atom stereocenters. The summed E-state index contributed by atoms with van der Waals surface area (Å²) in [4.78, 5) is 29.5. The molecule has 1 aromatic carbocycles. The minimum Gasteiger partial charge on any atom is -0.496 e. The zero-order chi connectivity index (χ0) is 20.8. The normalized spacial score (nSPS) is 21.2. The average molecular weight is 435 g/mol. The largest absolute Gasteiger partial charge is 0.496 e. The molecule has 0 radical (unpaired) electrons. The maximum atomic E-state index is 12.8. The molecule has 2 amide bonds. The highest BCUT2D eigenvalue weighted by atomic mass is 32.2. The van der Waals surface area contributed by atoms with Crippen LogP contribution in [0.4, 0.5) is 0 Å². The number of aliphatic hydroxyl groups is 1. The number of amides is 2. The SMILES string of the molecule is COc1ccccc1/C=C1\SC(=S)N(CCC(=O)N2CCCC[C@H]2CCO)C1=O. The summed E-state index contributed by atoms with van der Waals surface area (Å²) >= 11 is 6.63. The van der Waals surface area contributed by atoms with Crippen LogP contribution in [0.1, 0.15) is 37.7 Å². The number of piperidine rings is 1. The first-order valence-corrected chi connectivity index (χ1v) is 11.1. The first kappa shape index (κ1) is 21.8. The summed E-state index contributed by atoms with van der Waals surface area (Å²) in [5.41, 5.74) is 0.812. The number of aliphatic hydroxyl groups excluding tert-OH is 1. The number of ether oxygens (including phenoxy) is 1. The molecule has 6 nitrogen and oxygen atoms in total. The number of methoxy groups -OCH3 is 1. The number of carbonyl (C=O) groups excluding carboxylic acids is 2. The molecule has 1 atom stereocenters. The van der Waals surface area contributed by atoms with Gasteiger partial charge in [0.15, 0.2) is 0 Å². The number of thiocarbonyl (C=S) groups is 1. The van der Waals surface area contributed by atoms with Crippen molar-refractivity contribution in [2.75, 3.05) is 26.8 Å². The fourth-order valence-corrected chi connectivity index (χ4v) is 5.05. The Balaban J connectivity index is 1.64. The van der Waals surface area contributed by atoms with Gasteiger partial charge in [-0.05, 0) is 37.8 Å². The second-order valence-electron chi connectivity index (χ2n) is 7.07.